The third-order valence-corrected chi connectivity index (χ3v) is 2.28. The zero-order valence-electron chi connectivity index (χ0n) is 5.26. The number of nitrogens with one attached hydrogen (secondary N) is 1. The first-order valence-electron chi connectivity index (χ1n) is 3.19. The SMILES string of the molecule is O=C1C[C@@H]2C[C@]2(C(=O)O)N1. The van der Waals surface area contributed by atoms with Gasteiger partial charge in [-0.3, -0.25) is 4.79 Å². The van der Waals surface area contributed by atoms with Gasteiger partial charge in [-0.1, -0.05) is 0 Å². The molecule has 1 aliphatic carbocycles. The number of amides is 1. The highest BCUT2D eigenvalue weighted by Crippen LogP contribution is 2.50. The summed E-state index contributed by atoms with van der Waals surface area (Å²) in [4.78, 5) is 21.1. The van der Waals surface area contributed by atoms with Crippen LogP contribution in [0, 0.1) is 5.92 Å². The van der Waals surface area contributed by atoms with Gasteiger partial charge in [0.05, 0.1) is 0 Å². The lowest BCUT2D eigenvalue weighted by Crippen LogP contribution is -2.39. The van der Waals surface area contributed by atoms with Gasteiger partial charge in [-0.25, -0.2) is 4.79 Å². The van der Waals surface area contributed by atoms with Crippen molar-refractivity contribution in [3.05, 3.63) is 0 Å². The maximum absolute atomic E-state index is 10.6. The third kappa shape index (κ3) is 0.465. The van der Waals surface area contributed by atoms with Crippen LogP contribution in [0.25, 0.3) is 0 Å². The number of hydrogen-bond donors (Lipinski definition) is 2. The van der Waals surface area contributed by atoms with Crippen molar-refractivity contribution in [2.75, 3.05) is 0 Å². The van der Waals surface area contributed by atoms with Gasteiger partial charge in [0, 0.05) is 12.3 Å². The molecule has 0 spiro atoms. The van der Waals surface area contributed by atoms with Crippen LogP contribution in [0.2, 0.25) is 0 Å². The summed E-state index contributed by atoms with van der Waals surface area (Å²) in [6, 6.07) is 0. The molecule has 0 aromatic rings. The number of carbonyl (C=O) groups excluding carboxylic acids is 1. The summed E-state index contributed by atoms with van der Waals surface area (Å²) in [6.45, 7) is 0. The number of aliphatic carboxylic acids is 1. The number of carbonyl (C=O) groups is 2. The van der Waals surface area contributed by atoms with Crippen LogP contribution >= 0.6 is 0 Å². The summed E-state index contributed by atoms with van der Waals surface area (Å²) in [7, 11) is 0. The fraction of sp³-hybridized carbons (Fsp3) is 0.667. The van der Waals surface area contributed by atoms with E-state index in [1.807, 2.05) is 0 Å². The fourth-order valence-corrected chi connectivity index (χ4v) is 1.57. The minimum atomic E-state index is -0.886. The van der Waals surface area contributed by atoms with E-state index in [4.69, 9.17) is 5.11 Å². The highest BCUT2D eigenvalue weighted by Gasteiger charge is 2.66. The van der Waals surface area contributed by atoms with Crippen LogP contribution in [0.15, 0.2) is 0 Å². The van der Waals surface area contributed by atoms with E-state index in [-0.39, 0.29) is 11.8 Å². The maximum Gasteiger partial charge on any atom is 0.329 e. The van der Waals surface area contributed by atoms with Crippen LogP contribution in [0.4, 0.5) is 0 Å². The highest BCUT2D eigenvalue weighted by molar-refractivity contribution is 5.95. The van der Waals surface area contributed by atoms with Gasteiger partial charge in [0.1, 0.15) is 5.54 Å². The molecular formula is C6H7NO3. The van der Waals surface area contributed by atoms with E-state index in [0.717, 1.165) is 0 Å². The molecule has 1 saturated heterocycles. The summed E-state index contributed by atoms with van der Waals surface area (Å²) in [5.41, 5.74) is -0.850. The first kappa shape index (κ1) is 5.70. The molecular weight excluding hydrogens is 134 g/mol. The second kappa shape index (κ2) is 1.33. The summed E-state index contributed by atoms with van der Waals surface area (Å²) in [6.07, 6.45) is 1.01. The van der Waals surface area contributed by atoms with Gasteiger partial charge in [0.25, 0.3) is 0 Å². The van der Waals surface area contributed by atoms with E-state index in [0.29, 0.717) is 12.8 Å². The Morgan fingerprint density at radius 1 is 1.80 bits per heavy atom. The van der Waals surface area contributed by atoms with Gasteiger partial charge < -0.3 is 10.4 Å². The van der Waals surface area contributed by atoms with E-state index in [1.165, 1.54) is 0 Å². The Bertz CT molecular complexity index is 225. The number of carboxylic acids is 1. The monoisotopic (exact) mass is 141 g/mol. The van der Waals surface area contributed by atoms with Crippen LogP contribution < -0.4 is 5.32 Å². The highest BCUT2D eigenvalue weighted by atomic mass is 16.4. The predicted octanol–water partition coefficient (Wildman–Crippen LogP) is -0.650. The molecule has 4 heteroatoms. The third-order valence-electron chi connectivity index (χ3n) is 2.28. The Morgan fingerprint density at radius 2 is 2.50 bits per heavy atom. The van der Waals surface area contributed by atoms with Crippen LogP contribution in [0.5, 0.6) is 0 Å². The largest absolute Gasteiger partial charge is 0.479 e. The van der Waals surface area contributed by atoms with Crippen LogP contribution in [-0.2, 0) is 9.59 Å². The predicted molar refractivity (Wildman–Crippen MR) is 31.2 cm³/mol. The summed E-state index contributed by atoms with van der Waals surface area (Å²) < 4.78 is 0. The molecule has 0 unspecified atom stereocenters. The number of carboxylic acid groups (broad SMARTS) is 1. The molecule has 2 fully saturated rings. The molecule has 0 bridgehead atoms. The minimum Gasteiger partial charge on any atom is -0.479 e. The first-order chi connectivity index (χ1) is 4.65. The molecule has 0 radical (unpaired) electrons. The lowest BCUT2D eigenvalue weighted by molar-refractivity contribution is -0.142. The smallest absolute Gasteiger partial charge is 0.329 e. The molecule has 0 aromatic carbocycles. The van der Waals surface area contributed by atoms with Crippen LogP contribution in [0.1, 0.15) is 12.8 Å². The number of rotatable bonds is 1. The molecule has 2 N–H and O–H groups in total. The lowest BCUT2D eigenvalue weighted by Gasteiger charge is -2.04. The van der Waals surface area contributed by atoms with E-state index in [2.05, 4.69) is 5.32 Å². The molecule has 10 heavy (non-hydrogen) atoms. The van der Waals surface area contributed by atoms with Gasteiger partial charge in [0.15, 0.2) is 0 Å². The van der Waals surface area contributed by atoms with Crippen molar-refractivity contribution < 1.29 is 14.7 Å². The molecule has 1 amide bonds. The average molecular weight is 141 g/mol. The molecule has 1 heterocycles. The van der Waals surface area contributed by atoms with Crippen molar-refractivity contribution in [2.24, 2.45) is 5.92 Å². The van der Waals surface area contributed by atoms with Crippen molar-refractivity contribution in [3.8, 4) is 0 Å². The van der Waals surface area contributed by atoms with Crippen molar-refractivity contribution in [1.29, 1.82) is 0 Å². The van der Waals surface area contributed by atoms with Crippen molar-refractivity contribution in [1.82, 2.24) is 5.32 Å². The van der Waals surface area contributed by atoms with Crippen LogP contribution in [0.3, 0.4) is 0 Å². The molecule has 2 atom stereocenters. The molecule has 1 saturated carbocycles. The second-order valence-electron chi connectivity index (χ2n) is 2.93. The summed E-state index contributed by atoms with van der Waals surface area (Å²) >= 11 is 0. The zero-order chi connectivity index (χ0) is 7.35. The van der Waals surface area contributed by atoms with E-state index < -0.39 is 11.5 Å². The Balaban J connectivity index is 2.23. The summed E-state index contributed by atoms with van der Waals surface area (Å²) in [5.74, 6) is -0.945. The van der Waals surface area contributed by atoms with E-state index >= 15 is 0 Å². The molecule has 2 aliphatic rings. The Labute approximate surface area is 57.2 Å². The normalized spacial score (nSPS) is 42.4. The van der Waals surface area contributed by atoms with Crippen molar-refractivity contribution in [3.63, 3.8) is 0 Å². The minimum absolute atomic E-state index is 0.0671. The molecule has 0 aromatic heterocycles. The first-order valence-corrected chi connectivity index (χ1v) is 3.19. The van der Waals surface area contributed by atoms with Crippen molar-refractivity contribution >= 4 is 11.9 Å². The van der Waals surface area contributed by atoms with E-state index in [1.54, 1.807) is 0 Å². The number of hydrogen-bond acceptors (Lipinski definition) is 2. The second-order valence-corrected chi connectivity index (χ2v) is 2.93. The van der Waals surface area contributed by atoms with Gasteiger partial charge >= 0.3 is 5.97 Å². The van der Waals surface area contributed by atoms with Crippen molar-refractivity contribution in [2.45, 2.75) is 18.4 Å². The molecule has 2 rings (SSSR count). The molecule has 54 valence electrons. The summed E-state index contributed by atoms with van der Waals surface area (Å²) in [5, 5.41) is 11.1. The lowest BCUT2D eigenvalue weighted by atomic mass is 10.2. The number of fused-ring (bicyclic) bond motifs is 1. The Kier molecular flexibility index (Phi) is 0.760. The van der Waals surface area contributed by atoms with E-state index in [9.17, 15) is 9.59 Å². The fourth-order valence-electron chi connectivity index (χ4n) is 1.57. The Hall–Kier alpha value is -1.06. The average Bonchev–Trinajstić information content (AvgIpc) is 2.37. The topological polar surface area (TPSA) is 66.4 Å². The quantitative estimate of drug-likeness (QED) is 0.510. The Morgan fingerprint density at radius 3 is 2.80 bits per heavy atom. The number of piperidine rings is 1. The standard InChI is InChI=1S/C6H7NO3/c8-4-1-3-2-6(3,7-4)5(9)10/h3H,1-2H2,(H,7,8)(H,9,10)/t3-,6+/m1/s1. The van der Waals surface area contributed by atoms with Gasteiger partial charge in [-0.05, 0) is 6.42 Å². The van der Waals surface area contributed by atoms with Gasteiger partial charge in [0.2, 0.25) is 5.91 Å². The molecule has 4 nitrogen and oxygen atoms in total. The van der Waals surface area contributed by atoms with Gasteiger partial charge in [-0.2, -0.15) is 0 Å². The maximum atomic E-state index is 10.6. The van der Waals surface area contributed by atoms with Gasteiger partial charge in [-0.15, -0.1) is 0 Å². The van der Waals surface area contributed by atoms with Crippen LogP contribution in [-0.4, -0.2) is 22.5 Å². The molecule has 1 aliphatic heterocycles. The zero-order valence-corrected chi connectivity index (χ0v) is 5.26.